The number of hydrogen-bond donors (Lipinski definition) is 1. The Labute approximate surface area is 138 Å². The molecule has 0 bridgehead atoms. The monoisotopic (exact) mass is 340 g/mol. The normalized spacial score (nSPS) is 16.4. The summed E-state index contributed by atoms with van der Waals surface area (Å²) in [7, 11) is -1.41. The molecule has 1 N–H and O–H groups in total. The first-order valence-electron chi connectivity index (χ1n) is 7.82. The third-order valence-corrected chi connectivity index (χ3v) is 5.57. The largest absolute Gasteiger partial charge is 0.334 e. The molecule has 1 aromatic carbocycles. The summed E-state index contributed by atoms with van der Waals surface area (Å²) in [6.07, 6.45) is 1.14. The molecule has 1 aliphatic heterocycles. The molecule has 1 heterocycles. The number of quaternary nitrogens is 1. The van der Waals surface area contributed by atoms with Gasteiger partial charge < -0.3 is 9.80 Å². The van der Waals surface area contributed by atoms with Gasteiger partial charge in [-0.15, -0.1) is 0 Å². The number of nitrogens with zero attached hydrogens (tertiary/aromatic N) is 2. The fourth-order valence-corrected chi connectivity index (χ4v) is 3.48. The second kappa shape index (κ2) is 6.88. The van der Waals surface area contributed by atoms with Crippen LogP contribution in [0, 0.1) is 13.8 Å². The molecule has 23 heavy (non-hydrogen) atoms. The van der Waals surface area contributed by atoms with E-state index in [2.05, 4.69) is 7.05 Å². The molecule has 6 nitrogen and oxygen atoms in total. The summed E-state index contributed by atoms with van der Waals surface area (Å²) < 4.78 is 25.5. The van der Waals surface area contributed by atoms with Crippen LogP contribution in [-0.4, -0.2) is 65.3 Å². The van der Waals surface area contributed by atoms with Crippen LogP contribution in [0.25, 0.3) is 0 Å². The van der Waals surface area contributed by atoms with Crippen molar-refractivity contribution < 1.29 is 18.1 Å². The molecule has 0 saturated carbocycles. The van der Waals surface area contributed by atoms with Crippen molar-refractivity contribution in [3.63, 3.8) is 0 Å². The van der Waals surface area contributed by atoms with Crippen molar-refractivity contribution in [2.45, 2.75) is 13.8 Å². The minimum atomic E-state index is -3.51. The quantitative estimate of drug-likeness (QED) is 0.798. The van der Waals surface area contributed by atoms with Gasteiger partial charge in [-0.25, -0.2) is 8.42 Å². The first-order chi connectivity index (χ1) is 10.7. The molecule has 0 aliphatic carbocycles. The molecular formula is C16H26N3O3S+. The van der Waals surface area contributed by atoms with Gasteiger partial charge in [0.15, 0.2) is 0 Å². The molecule has 1 aliphatic rings. The van der Waals surface area contributed by atoms with Gasteiger partial charge in [-0.05, 0) is 37.1 Å². The molecule has 2 rings (SSSR count). The van der Waals surface area contributed by atoms with Crippen LogP contribution in [0.2, 0.25) is 0 Å². The Bertz CT molecular complexity index is 680. The van der Waals surface area contributed by atoms with E-state index in [1.54, 1.807) is 11.0 Å². The van der Waals surface area contributed by atoms with Crippen LogP contribution >= 0.6 is 0 Å². The van der Waals surface area contributed by atoms with Gasteiger partial charge in [0.1, 0.15) is 6.54 Å². The van der Waals surface area contributed by atoms with Crippen LogP contribution in [-0.2, 0) is 14.8 Å². The number of piperazine rings is 1. The standard InChI is InChI=1S/C16H25N3O3S/c1-13-5-6-15(11-14(13)2)19(23(4,21)22)12-16(20)18-9-7-17(3)8-10-18/h5-6,11H,7-10,12H2,1-4H3/p+1. The molecule has 0 atom stereocenters. The van der Waals surface area contributed by atoms with E-state index in [1.165, 1.54) is 9.21 Å². The first kappa shape index (κ1) is 17.7. The van der Waals surface area contributed by atoms with E-state index in [0.29, 0.717) is 18.8 Å². The highest BCUT2D eigenvalue weighted by molar-refractivity contribution is 7.92. The molecule has 1 aromatic rings. The summed E-state index contributed by atoms with van der Waals surface area (Å²) >= 11 is 0. The summed E-state index contributed by atoms with van der Waals surface area (Å²) in [5, 5.41) is 0. The number of nitrogens with one attached hydrogen (secondary N) is 1. The molecule has 0 radical (unpaired) electrons. The predicted molar refractivity (Wildman–Crippen MR) is 91.3 cm³/mol. The summed E-state index contributed by atoms with van der Waals surface area (Å²) in [6.45, 7) is 6.92. The lowest BCUT2D eigenvalue weighted by Gasteiger charge is -2.32. The van der Waals surface area contributed by atoms with Gasteiger partial charge >= 0.3 is 0 Å². The number of likely N-dealkylation sites (N-methyl/N-ethyl adjacent to an activating group) is 1. The smallest absolute Gasteiger partial charge is 0.243 e. The van der Waals surface area contributed by atoms with Crippen molar-refractivity contribution in [1.29, 1.82) is 0 Å². The van der Waals surface area contributed by atoms with E-state index in [4.69, 9.17) is 0 Å². The van der Waals surface area contributed by atoms with Crippen LogP contribution in [0.5, 0.6) is 0 Å². The SMILES string of the molecule is Cc1ccc(N(CC(=O)N2CC[NH+](C)CC2)S(C)(=O)=O)cc1C. The average molecular weight is 340 g/mol. The van der Waals surface area contributed by atoms with Crippen LogP contribution in [0.15, 0.2) is 18.2 Å². The minimum Gasteiger partial charge on any atom is -0.334 e. The minimum absolute atomic E-state index is 0.138. The predicted octanol–water partition coefficient (Wildman–Crippen LogP) is -0.574. The second-order valence-electron chi connectivity index (χ2n) is 6.38. The summed E-state index contributed by atoms with van der Waals surface area (Å²) in [4.78, 5) is 15.6. The molecule has 0 aromatic heterocycles. The van der Waals surface area contributed by atoms with E-state index in [-0.39, 0.29) is 12.5 Å². The van der Waals surface area contributed by atoms with Crippen molar-refractivity contribution in [1.82, 2.24) is 4.90 Å². The van der Waals surface area contributed by atoms with E-state index in [0.717, 1.165) is 30.5 Å². The van der Waals surface area contributed by atoms with Gasteiger partial charge in [0.25, 0.3) is 0 Å². The molecule has 1 amide bonds. The number of amides is 1. The van der Waals surface area contributed by atoms with Gasteiger partial charge in [0.2, 0.25) is 15.9 Å². The second-order valence-corrected chi connectivity index (χ2v) is 8.28. The van der Waals surface area contributed by atoms with Crippen LogP contribution in [0.4, 0.5) is 5.69 Å². The zero-order valence-corrected chi connectivity index (χ0v) is 15.1. The molecule has 0 unspecified atom stereocenters. The lowest BCUT2D eigenvalue weighted by atomic mass is 10.1. The third kappa shape index (κ3) is 4.45. The Hall–Kier alpha value is -1.60. The Kier molecular flexibility index (Phi) is 5.31. The molecule has 1 saturated heterocycles. The number of rotatable bonds is 4. The summed E-state index contributed by atoms with van der Waals surface area (Å²) in [5.74, 6) is -0.138. The highest BCUT2D eigenvalue weighted by atomic mass is 32.2. The Morgan fingerprint density at radius 3 is 2.35 bits per heavy atom. The van der Waals surface area contributed by atoms with Gasteiger partial charge in [-0.1, -0.05) is 6.07 Å². The van der Waals surface area contributed by atoms with Crippen LogP contribution < -0.4 is 9.21 Å². The van der Waals surface area contributed by atoms with E-state index in [1.807, 2.05) is 26.0 Å². The zero-order chi connectivity index (χ0) is 17.2. The molecule has 0 spiro atoms. The number of carbonyl (C=O) groups is 1. The lowest BCUT2D eigenvalue weighted by Crippen LogP contribution is -3.12. The average Bonchev–Trinajstić information content (AvgIpc) is 2.47. The van der Waals surface area contributed by atoms with Crippen LogP contribution in [0.3, 0.4) is 0 Å². The first-order valence-corrected chi connectivity index (χ1v) is 9.67. The summed E-state index contributed by atoms with van der Waals surface area (Å²) in [5.41, 5.74) is 2.64. The maximum Gasteiger partial charge on any atom is 0.243 e. The van der Waals surface area contributed by atoms with Gasteiger partial charge in [-0.3, -0.25) is 9.10 Å². The van der Waals surface area contributed by atoms with Crippen molar-refractivity contribution in [2.75, 3.05) is 50.3 Å². The number of sulfonamides is 1. The van der Waals surface area contributed by atoms with E-state index < -0.39 is 10.0 Å². The van der Waals surface area contributed by atoms with Crippen molar-refractivity contribution in [3.05, 3.63) is 29.3 Å². The lowest BCUT2D eigenvalue weighted by molar-refractivity contribution is -0.883. The Morgan fingerprint density at radius 2 is 1.83 bits per heavy atom. The fraction of sp³-hybridized carbons (Fsp3) is 0.562. The fourth-order valence-electron chi connectivity index (χ4n) is 2.64. The number of aryl methyl sites for hydroxylation is 2. The Morgan fingerprint density at radius 1 is 1.22 bits per heavy atom. The maximum absolute atomic E-state index is 12.5. The van der Waals surface area contributed by atoms with E-state index >= 15 is 0 Å². The molecule has 7 heteroatoms. The molecule has 128 valence electrons. The Balaban J connectivity index is 2.19. The third-order valence-electron chi connectivity index (χ3n) is 4.43. The topological polar surface area (TPSA) is 62.1 Å². The van der Waals surface area contributed by atoms with Crippen molar-refractivity contribution in [2.24, 2.45) is 0 Å². The van der Waals surface area contributed by atoms with Gasteiger partial charge in [0.05, 0.1) is 45.2 Å². The highest BCUT2D eigenvalue weighted by Gasteiger charge is 2.27. The number of carbonyl (C=O) groups excluding carboxylic acids is 1. The van der Waals surface area contributed by atoms with Crippen molar-refractivity contribution in [3.8, 4) is 0 Å². The zero-order valence-electron chi connectivity index (χ0n) is 14.3. The number of anilines is 1. The van der Waals surface area contributed by atoms with Gasteiger partial charge in [-0.2, -0.15) is 0 Å². The molecular weight excluding hydrogens is 314 g/mol. The van der Waals surface area contributed by atoms with Gasteiger partial charge in [0, 0.05) is 0 Å². The highest BCUT2D eigenvalue weighted by Crippen LogP contribution is 2.21. The van der Waals surface area contributed by atoms with Crippen LogP contribution in [0.1, 0.15) is 11.1 Å². The maximum atomic E-state index is 12.5. The van der Waals surface area contributed by atoms with Crippen molar-refractivity contribution >= 4 is 21.6 Å². The van der Waals surface area contributed by atoms with E-state index in [9.17, 15) is 13.2 Å². The number of benzene rings is 1. The summed E-state index contributed by atoms with van der Waals surface area (Å²) in [6, 6.07) is 5.45. The molecule has 1 fully saturated rings. The number of hydrogen-bond acceptors (Lipinski definition) is 3.